The van der Waals surface area contributed by atoms with E-state index >= 15 is 0 Å². The van der Waals surface area contributed by atoms with Crippen LogP contribution in [0.4, 0.5) is 17.6 Å². The Morgan fingerprint density at radius 1 is 0.833 bits per heavy atom. The summed E-state index contributed by atoms with van der Waals surface area (Å²) in [5.41, 5.74) is 0. The van der Waals surface area contributed by atoms with Gasteiger partial charge in [-0.1, -0.05) is 0 Å². The SMILES string of the molecule is FC(F)(F)F.[F-]. The fourth-order valence-electron chi connectivity index (χ4n) is 0. The van der Waals surface area contributed by atoms with E-state index in [-0.39, 0.29) is 4.70 Å². The second kappa shape index (κ2) is 1.94. The monoisotopic (exact) mass is 107 g/mol. The van der Waals surface area contributed by atoms with Crippen LogP contribution in [0, 0.1) is 0 Å². The standard InChI is InChI=1S/CF4.FH/c2-1(3,4)5;/h;1H/p-1. The zero-order valence-corrected chi connectivity index (χ0v) is 2.39. The molecule has 0 aromatic carbocycles. The van der Waals surface area contributed by atoms with Crippen LogP contribution < -0.4 is 4.70 Å². The summed E-state index contributed by atoms with van der Waals surface area (Å²) in [6, 6.07) is 0. The molecule has 0 bridgehead atoms. The van der Waals surface area contributed by atoms with Crippen LogP contribution >= 0.6 is 0 Å². The first kappa shape index (κ1) is 9.17. The molecular formula is CF5-. The van der Waals surface area contributed by atoms with Crippen molar-refractivity contribution in [3.05, 3.63) is 0 Å². The maximum atomic E-state index is 9.69. The molecule has 5 heteroatoms. The Balaban J connectivity index is 0. The zero-order valence-electron chi connectivity index (χ0n) is 2.39. The minimum Gasteiger partial charge on any atom is -1.00 e. The molecule has 0 N–H and O–H groups in total. The van der Waals surface area contributed by atoms with Gasteiger partial charge < -0.3 is 4.70 Å². The number of hydrogen-bond acceptors (Lipinski definition) is 0. The number of hydrogen-bond donors (Lipinski definition) is 0. The van der Waals surface area contributed by atoms with Gasteiger partial charge in [-0.05, 0) is 0 Å². The number of rotatable bonds is 0. The van der Waals surface area contributed by atoms with E-state index < -0.39 is 6.43 Å². The fourth-order valence-corrected chi connectivity index (χ4v) is 0. The van der Waals surface area contributed by atoms with E-state index in [2.05, 4.69) is 0 Å². The van der Waals surface area contributed by atoms with Crippen LogP contribution in [0.1, 0.15) is 0 Å². The highest BCUT2D eigenvalue weighted by Gasteiger charge is 2.24. The van der Waals surface area contributed by atoms with E-state index in [0.717, 1.165) is 0 Å². The lowest BCUT2D eigenvalue weighted by molar-refractivity contribution is -0.237. The third kappa shape index (κ3) is 209. The predicted molar refractivity (Wildman–Crippen MR) is 7.16 cm³/mol. The molecule has 0 radical (unpaired) electrons. The van der Waals surface area contributed by atoms with Crippen molar-refractivity contribution in [1.82, 2.24) is 0 Å². The highest BCUT2D eigenvalue weighted by Crippen LogP contribution is 2.13. The Kier molecular flexibility index (Phi) is 2.97. The molecule has 0 atom stereocenters. The largest absolute Gasteiger partial charge is 1.00 e. The third-order valence-electron chi connectivity index (χ3n) is 0. The molecule has 0 aliphatic rings. The molecule has 0 saturated heterocycles. The quantitative estimate of drug-likeness (QED) is 0.330. The second-order valence-electron chi connectivity index (χ2n) is 0.429. The van der Waals surface area contributed by atoms with Crippen LogP contribution in [-0.2, 0) is 0 Å². The first-order valence-corrected chi connectivity index (χ1v) is 0.756. The smallest absolute Gasteiger partial charge is 0.559 e. The third-order valence-corrected chi connectivity index (χ3v) is 0. The minimum atomic E-state index is -5.50. The molecule has 0 aliphatic carbocycles. The summed E-state index contributed by atoms with van der Waals surface area (Å²) >= 11 is 0. The van der Waals surface area contributed by atoms with Crippen molar-refractivity contribution in [3.8, 4) is 0 Å². The van der Waals surface area contributed by atoms with Crippen molar-refractivity contribution in [2.45, 2.75) is 6.43 Å². The molecule has 0 heterocycles. The normalized spacial score (nSPS) is 10.0. The van der Waals surface area contributed by atoms with E-state index in [9.17, 15) is 17.6 Å². The summed E-state index contributed by atoms with van der Waals surface area (Å²) in [6.07, 6.45) is -5.50. The van der Waals surface area contributed by atoms with E-state index in [1.807, 2.05) is 0 Å². The van der Waals surface area contributed by atoms with Gasteiger partial charge in [0, 0.05) is 0 Å². The maximum absolute atomic E-state index is 9.69. The lowest BCUT2D eigenvalue weighted by Gasteiger charge is -1.82. The molecular weight excluding hydrogens is 107 g/mol. The van der Waals surface area contributed by atoms with Crippen LogP contribution in [0.2, 0.25) is 0 Å². The van der Waals surface area contributed by atoms with Gasteiger partial charge in [0.05, 0.1) is 0 Å². The molecule has 0 amide bonds. The van der Waals surface area contributed by atoms with Gasteiger partial charge in [-0.3, -0.25) is 0 Å². The Bertz CT molecular complexity index is 19.4. The molecule has 6 heavy (non-hydrogen) atoms. The van der Waals surface area contributed by atoms with Gasteiger partial charge in [0.2, 0.25) is 0 Å². The van der Waals surface area contributed by atoms with E-state index in [0.29, 0.717) is 0 Å². The van der Waals surface area contributed by atoms with Crippen molar-refractivity contribution in [3.63, 3.8) is 0 Å². The summed E-state index contributed by atoms with van der Waals surface area (Å²) < 4.78 is 38.8. The second-order valence-corrected chi connectivity index (χ2v) is 0.429. The highest BCUT2D eigenvalue weighted by molar-refractivity contribution is 4.08. The van der Waals surface area contributed by atoms with Crippen molar-refractivity contribution in [2.24, 2.45) is 0 Å². The van der Waals surface area contributed by atoms with Crippen molar-refractivity contribution < 1.29 is 22.3 Å². The van der Waals surface area contributed by atoms with Crippen molar-refractivity contribution in [2.75, 3.05) is 0 Å². The van der Waals surface area contributed by atoms with Crippen molar-refractivity contribution in [1.29, 1.82) is 0 Å². The summed E-state index contributed by atoms with van der Waals surface area (Å²) in [6.45, 7) is 0. The van der Waals surface area contributed by atoms with Gasteiger partial charge in [-0.2, -0.15) is 0 Å². The summed E-state index contributed by atoms with van der Waals surface area (Å²) in [7, 11) is 0. The van der Waals surface area contributed by atoms with Crippen LogP contribution in [-0.4, -0.2) is 6.43 Å². The fraction of sp³-hybridized carbons (Fsp3) is 1.00. The molecule has 0 rings (SSSR count). The van der Waals surface area contributed by atoms with Gasteiger partial charge in [0.25, 0.3) is 0 Å². The molecule has 0 saturated carbocycles. The van der Waals surface area contributed by atoms with Crippen molar-refractivity contribution >= 4 is 0 Å². The molecule has 0 aromatic heterocycles. The molecule has 0 spiro atoms. The van der Waals surface area contributed by atoms with E-state index in [4.69, 9.17) is 0 Å². The summed E-state index contributed by atoms with van der Waals surface area (Å²) in [5.74, 6) is 0. The van der Waals surface area contributed by atoms with Gasteiger partial charge >= 0.3 is 6.43 Å². The molecule has 0 aliphatic heterocycles. The van der Waals surface area contributed by atoms with Crippen LogP contribution in [0.25, 0.3) is 0 Å². The van der Waals surface area contributed by atoms with Gasteiger partial charge in [-0.15, -0.1) is 17.6 Å². The topological polar surface area (TPSA) is 0 Å². The van der Waals surface area contributed by atoms with Gasteiger partial charge in [0.15, 0.2) is 0 Å². The van der Waals surface area contributed by atoms with E-state index in [1.54, 1.807) is 0 Å². The van der Waals surface area contributed by atoms with Gasteiger partial charge in [0.1, 0.15) is 0 Å². The van der Waals surface area contributed by atoms with Crippen LogP contribution in [0.3, 0.4) is 0 Å². The summed E-state index contributed by atoms with van der Waals surface area (Å²) in [5, 5.41) is 0. The average molecular weight is 107 g/mol. The minimum absolute atomic E-state index is 0. The first-order valence-electron chi connectivity index (χ1n) is 0.756. The molecule has 0 unspecified atom stereocenters. The lowest BCUT2D eigenvalue weighted by Crippen LogP contribution is -3.00. The first-order chi connectivity index (χ1) is 2.00. The predicted octanol–water partition coefficient (Wildman–Crippen LogP) is -1.52. The van der Waals surface area contributed by atoms with E-state index in [1.165, 1.54) is 0 Å². The van der Waals surface area contributed by atoms with Crippen LogP contribution in [0.15, 0.2) is 0 Å². The zero-order chi connectivity index (χ0) is 4.50. The number of halogens is 5. The lowest BCUT2D eigenvalue weighted by atomic mass is 11.5. The van der Waals surface area contributed by atoms with Crippen LogP contribution in [0.5, 0.6) is 0 Å². The molecule has 0 aromatic rings. The Morgan fingerprint density at radius 2 is 0.833 bits per heavy atom. The number of alkyl halides is 4. The Hall–Kier alpha value is -0.350. The average Bonchev–Trinajstić information content (AvgIpc) is 0.722. The molecule has 0 nitrogen and oxygen atoms in total. The maximum Gasteiger partial charge on any atom is 0.559 e. The summed E-state index contributed by atoms with van der Waals surface area (Å²) in [4.78, 5) is 0. The Labute approximate surface area is 30.1 Å². The van der Waals surface area contributed by atoms with Gasteiger partial charge in [-0.25, -0.2) is 0 Å². The highest BCUT2D eigenvalue weighted by atomic mass is 19.5. The Morgan fingerprint density at radius 3 is 0.833 bits per heavy atom. The molecule has 0 fully saturated rings. The molecule has 40 valence electrons.